The van der Waals surface area contributed by atoms with E-state index in [-0.39, 0.29) is 41.7 Å². The van der Waals surface area contributed by atoms with E-state index in [0.717, 1.165) is 29.0 Å². The number of nitrogen functional groups attached to an aromatic ring is 4. The van der Waals surface area contributed by atoms with Crippen molar-refractivity contribution in [3.8, 4) is 0 Å². The Morgan fingerprint density at radius 3 is 1.34 bits per heavy atom. The average molecular weight is 1400 g/mol. The molecule has 5 aromatic heterocycles. The molecule has 510 valence electrons. The lowest BCUT2D eigenvalue weighted by molar-refractivity contribution is -0.774. The minimum absolute atomic E-state index is 0.00713. The van der Waals surface area contributed by atoms with Crippen LogP contribution in [0.1, 0.15) is 68.8 Å². The summed E-state index contributed by atoms with van der Waals surface area (Å²) in [4.78, 5) is 134. The number of phosphoric ester groups is 4. The fourth-order valence-electron chi connectivity index (χ4n) is 10.6. The molecule has 0 radical (unpaired) electrons. The van der Waals surface area contributed by atoms with Gasteiger partial charge in [0.25, 0.3) is 5.56 Å². The van der Waals surface area contributed by atoms with Crippen molar-refractivity contribution in [3.63, 3.8) is 0 Å². The number of nitrogens with zero attached hydrogens (tertiary/aromatic N) is 6. The number of aliphatic hydroxyl groups excluding tert-OH is 2. The van der Waals surface area contributed by atoms with E-state index in [0.29, 0.717) is 0 Å². The van der Waals surface area contributed by atoms with Crippen molar-refractivity contribution >= 4 is 54.6 Å². The molecule has 4 unspecified atom stereocenters. The van der Waals surface area contributed by atoms with Crippen molar-refractivity contribution in [3.05, 3.63) is 124 Å². The van der Waals surface area contributed by atoms with Gasteiger partial charge in [-0.05, 0) is 13.0 Å². The number of H-pyrrole nitrogens is 4. The number of nitrogens with two attached hydrogens (primary N) is 4. The first kappa shape index (κ1) is 69.4. The molecule has 5 aromatic rings. The molecule has 43 nitrogen and oxygen atoms in total. The molecule has 10 rings (SSSR count). The molecule has 0 aliphatic carbocycles. The first-order valence-electron chi connectivity index (χ1n) is 27.9. The highest BCUT2D eigenvalue weighted by Gasteiger charge is 2.51. The second-order valence-electron chi connectivity index (χ2n) is 21.6. The van der Waals surface area contributed by atoms with E-state index < -0.39 is 210 Å². The molecule has 5 fully saturated rings. The van der Waals surface area contributed by atoms with E-state index in [1.807, 2.05) is 0 Å². The summed E-state index contributed by atoms with van der Waals surface area (Å²) < 4.78 is 132. The lowest BCUT2D eigenvalue weighted by atomic mass is 10.2. The van der Waals surface area contributed by atoms with E-state index in [4.69, 9.17) is 82.8 Å². The lowest BCUT2D eigenvalue weighted by Gasteiger charge is -2.25. The number of aromatic amines is 4. The van der Waals surface area contributed by atoms with Crippen LogP contribution in [0.5, 0.6) is 0 Å². The number of anilines is 4. The van der Waals surface area contributed by atoms with E-state index >= 15 is 0 Å². The Morgan fingerprint density at radius 1 is 0.538 bits per heavy atom. The summed E-state index contributed by atoms with van der Waals surface area (Å²) in [5.74, 6) is -0.191. The summed E-state index contributed by atoms with van der Waals surface area (Å²) >= 11 is 0. The summed E-state index contributed by atoms with van der Waals surface area (Å²) in [6, 6.07) is 5.19. The smallest absolute Gasteiger partial charge is 0.394 e. The fraction of sp³-hybridized carbons (Fsp3) is 0.565. The molecule has 0 aromatic carbocycles. The third-order valence-electron chi connectivity index (χ3n) is 15.0. The summed E-state index contributed by atoms with van der Waals surface area (Å²) in [5.41, 5.74) is 17.6. The second kappa shape index (κ2) is 28.1. The van der Waals surface area contributed by atoms with Gasteiger partial charge >= 0.3 is 59.7 Å². The van der Waals surface area contributed by atoms with Crippen LogP contribution in [0.4, 0.5) is 23.3 Å². The van der Waals surface area contributed by atoms with Gasteiger partial charge in [-0.3, -0.25) is 55.1 Å². The van der Waals surface area contributed by atoms with Gasteiger partial charge in [0.1, 0.15) is 91.8 Å². The van der Waals surface area contributed by atoms with Crippen LogP contribution < -0.4 is 70.6 Å². The zero-order valence-corrected chi connectivity index (χ0v) is 51.9. The van der Waals surface area contributed by atoms with Crippen LogP contribution in [0.3, 0.4) is 0 Å². The molecule has 0 saturated carbocycles. The number of hydrogen-bond donors (Lipinski definition) is 14. The molecule has 19 atom stereocenters. The third kappa shape index (κ3) is 17.0. The molecule has 93 heavy (non-hydrogen) atoms. The van der Waals surface area contributed by atoms with Gasteiger partial charge in [-0.2, -0.15) is 48.0 Å². The molecule has 5 aliphatic rings. The molecule has 5 saturated heterocycles. The number of rotatable bonds is 26. The molecular formula is C46H65N14O29P4+3. The van der Waals surface area contributed by atoms with Crippen molar-refractivity contribution in [1.29, 1.82) is 0 Å². The number of phosphoric acid groups is 4. The van der Waals surface area contributed by atoms with Crippen molar-refractivity contribution in [2.24, 2.45) is 0 Å². The Hall–Kier alpha value is -6.44. The van der Waals surface area contributed by atoms with E-state index in [1.165, 1.54) is 56.0 Å². The van der Waals surface area contributed by atoms with Gasteiger partial charge in [-0.15, -0.1) is 0 Å². The Kier molecular flexibility index (Phi) is 21.0. The molecule has 0 bridgehead atoms. The van der Waals surface area contributed by atoms with Crippen LogP contribution in [-0.2, 0) is 78.1 Å². The zero-order valence-electron chi connectivity index (χ0n) is 48.3. The Labute approximate surface area is 519 Å². The van der Waals surface area contributed by atoms with E-state index in [2.05, 4.69) is 24.9 Å². The van der Waals surface area contributed by atoms with Crippen molar-refractivity contribution in [2.75, 3.05) is 56.0 Å². The standard InChI is InChI=1S/C46H62N14O29P4/c1-21-15-60(46(68)55-41(21)63)40-14-26(89-93(75,76)79-19-30-24(12-38(84-30)58-8-4-34(49)53-44(58)66)87-90(69,70)77-17-28-22(62)10-36(82-28)56-6-2-32(47)51-42(56)64)31(85-40)20-80-92(73,74)88-25-13-39(59-9-5-35(50)54-45(59)67)83-29(25)18-78-91(71,72)86-23-11-37(81-27(23)16-61)57-7-3-33(48)52-43(57)65/h2-9,15,22-31,36-40,61-62H,10-14,16-20H2,1H3,(H13,47,48,49,50,51,52,53,54,55,63,64,65,66,67,68,69,70,71,72,73,74,75,76)/p+3/t22-,23-,24-,25-,26-,27+,28+,29+,30+,31+,36+,37+,38+,39+,40+/m0/s1. The maximum absolute atomic E-state index is 14.0. The number of aromatic nitrogens is 10. The van der Waals surface area contributed by atoms with Crippen LogP contribution >= 0.6 is 31.3 Å². The average Bonchev–Trinajstić information content (AvgIpc) is 1.71. The predicted molar refractivity (Wildman–Crippen MR) is 302 cm³/mol. The van der Waals surface area contributed by atoms with Crippen molar-refractivity contribution in [1.82, 2.24) is 34.1 Å². The van der Waals surface area contributed by atoms with Crippen molar-refractivity contribution in [2.45, 2.75) is 131 Å². The number of nitrogens with one attached hydrogen (secondary N) is 4. The molecule has 0 amide bonds. The summed E-state index contributed by atoms with van der Waals surface area (Å²) in [6.45, 7) is -3.30. The van der Waals surface area contributed by atoms with Crippen LogP contribution in [0.2, 0.25) is 0 Å². The lowest BCUT2D eigenvalue weighted by Crippen LogP contribution is -2.54. The fourth-order valence-corrected chi connectivity index (χ4v) is 14.4. The van der Waals surface area contributed by atoms with Gasteiger partial charge < -0.3 is 76.4 Å². The van der Waals surface area contributed by atoms with E-state index in [1.54, 1.807) is 0 Å². The molecule has 47 heteroatoms. The Morgan fingerprint density at radius 2 is 0.914 bits per heavy atom. The maximum Gasteiger partial charge on any atom is 0.499 e. The Bertz CT molecular complexity index is 4140. The number of ether oxygens (including phenoxy) is 5. The predicted octanol–water partition coefficient (Wildman–Crippen LogP) is -4.74. The maximum atomic E-state index is 14.0. The molecule has 5 aliphatic heterocycles. The van der Waals surface area contributed by atoms with Gasteiger partial charge in [0.05, 0.1) is 39.1 Å². The summed E-state index contributed by atoms with van der Waals surface area (Å²) in [7, 11) is -21.5. The van der Waals surface area contributed by atoms with E-state index in [9.17, 15) is 76.8 Å². The largest absolute Gasteiger partial charge is 0.499 e. The number of aliphatic hydroxyl groups is 2. The molecule has 10 heterocycles. The number of hydrogen-bond acceptors (Lipinski definition) is 30. The van der Waals surface area contributed by atoms with Crippen molar-refractivity contribution < 1.29 is 122 Å². The van der Waals surface area contributed by atoms with Gasteiger partial charge in [0.2, 0.25) is 18.7 Å². The van der Waals surface area contributed by atoms with Gasteiger partial charge in [-0.25, -0.2) is 27.8 Å². The van der Waals surface area contributed by atoms with Crippen LogP contribution in [-0.4, -0.2) is 158 Å². The summed E-state index contributed by atoms with van der Waals surface area (Å²) in [6.07, 6.45) is -17.7. The molecule has 0 spiro atoms. The van der Waals surface area contributed by atoms with Crippen LogP contribution in [0.25, 0.3) is 0 Å². The minimum atomic E-state index is -5.51. The Balaban J connectivity index is 0.822. The zero-order chi connectivity index (χ0) is 67.1. The quantitative estimate of drug-likeness (QED) is 0.0183. The van der Waals surface area contributed by atoms with Crippen LogP contribution in [0, 0.1) is 6.92 Å². The van der Waals surface area contributed by atoms with Gasteiger partial charge in [-0.1, -0.05) is 0 Å². The van der Waals surface area contributed by atoms with Gasteiger partial charge in [0.15, 0.2) is 17.5 Å². The highest BCUT2D eigenvalue weighted by atomic mass is 31.2. The SMILES string of the molecule is Cc1cn([C@H]2C[C@H](OP(=O)(O)OC[C@H]3O[C@@H]([n+]4ccc(N)[nH]c4=O)C[C@@H]3OP(=O)(O)OC[C@H]3O[C@@H]([n+]4ccc(N)[nH]c4=O)C[C@@H]3O)[C@@H](COP(=O)(O)O[C@H]3C[C@H]([n+]4ccc(N)[nH]c4=O)O[C@@H]3COP(=O)(O)O[C@H]3C[C@H](n4ccc(N)nc4=O)O[C@@H]3CO)O2)c(=O)[nH]c1=O. The van der Waals surface area contributed by atoms with Gasteiger partial charge in [0, 0.05) is 68.3 Å². The normalized spacial score (nSPS) is 30.6. The highest BCUT2D eigenvalue weighted by Crippen LogP contribution is 2.54. The monoisotopic (exact) mass is 1400 g/mol. The summed E-state index contributed by atoms with van der Waals surface area (Å²) in [5, 5.41) is 20.8. The molecule has 18 N–H and O–H groups in total. The number of aryl methyl sites for hydroxylation is 1. The first-order valence-corrected chi connectivity index (χ1v) is 33.8. The first-order chi connectivity index (χ1) is 43.8. The second-order valence-corrected chi connectivity index (χ2v) is 27.2. The topological polar surface area (TPSA) is 614 Å². The third-order valence-corrected chi connectivity index (χ3v) is 19.1. The van der Waals surface area contributed by atoms with Crippen LogP contribution in [0.15, 0.2) is 84.0 Å². The molecular weight excluding hydrogens is 1340 g/mol. The minimum Gasteiger partial charge on any atom is -0.394 e. The highest BCUT2D eigenvalue weighted by molar-refractivity contribution is 7.48.